The van der Waals surface area contributed by atoms with Crippen LogP contribution >= 0.6 is 23.5 Å². The summed E-state index contributed by atoms with van der Waals surface area (Å²) in [6, 6.07) is 16.9. The van der Waals surface area contributed by atoms with E-state index in [4.69, 9.17) is 18.9 Å². The molecule has 0 unspecified atom stereocenters. The molecule has 1 heterocycles. The second-order valence-corrected chi connectivity index (χ2v) is 23.0. The van der Waals surface area contributed by atoms with Crippen molar-refractivity contribution in [2.75, 3.05) is 13.2 Å². The zero-order valence-electron chi connectivity index (χ0n) is 39.2. The minimum absolute atomic E-state index is 0.0709. The van der Waals surface area contributed by atoms with Crippen molar-refractivity contribution < 1.29 is 38.1 Å². The zero-order valence-corrected chi connectivity index (χ0v) is 40.8. The first-order valence-electron chi connectivity index (χ1n) is 25.4. The van der Waals surface area contributed by atoms with Crippen molar-refractivity contribution in [2.24, 2.45) is 47.3 Å². The summed E-state index contributed by atoms with van der Waals surface area (Å²) in [5.41, 5.74) is 5.97. The SMILES string of the molecule is CCOC(=O)C(C(=O)OCC)=C1Sc2c(OC(=O)C3CCC(C4CCC(C)CC4)CC3)c3c(c(OC(=O)C4CCC(C5CCC(C)CC5)CC4)c2S1)C1c2ccccc2C3c2ccccc21. The van der Waals surface area contributed by atoms with Gasteiger partial charge >= 0.3 is 23.9 Å². The molecule has 0 atom stereocenters. The number of thioether (sulfide) groups is 2. The summed E-state index contributed by atoms with van der Waals surface area (Å²) >= 11 is 2.43. The summed E-state index contributed by atoms with van der Waals surface area (Å²) in [6.45, 7) is 8.28. The molecule has 0 amide bonds. The molecular weight excluding hydrogens is 865 g/mol. The van der Waals surface area contributed by atoms with Crippen molar-refractivity contribution in [2.45, 2.75) is 152 Å². The van der Waals surface area contributed by atoms with Gasteiger partial charge in [-0.05, 0) is 149 Å². The minimum Gasteiger partial charge on any atom is -0.462 e. The van der Waals surface area contributed by atoms with Gasteiger partial charge in [0, 0.05) is 23.0 Å². The van der Waals surface area contributed by atoms with Gasteiger partial charge in [0.2, 0.25) is 0 Å². The van der Waals surface area contributed by atoms with Crippen molar-refractivity contribution in [1.82, 2.24) is 0 Å². The lowest BCUT2D eigenvalue weighted by Gasteiger charge is -2.44. The Labute approximate surface area is 399 Å². The maximum absolute atomic E-state index is 14.8. The number of fused-ring (bicyclic) bond motifs is 1. The van der Waals surface area contributed by atoms with Gasteiger partial charge in [-0.1, -0.05) is 112 Å². The first-order valence-corrected chi connectivity index (χ1v) is 27.0. The van der Waals surface area contributed by atoms with E-state index in [9.17, 15) is 19.2 Å². The third-order valence-corrected chi connectivity index (χ3v) is 19.4. The number of benzene rings is 3. The van der Waals surface area contributed by atoms with Crippen LogP contribution in [0, 0.1) is 47.3 Å². The predicted molar refractivity (Wildman–Crippen MR) is 258 cm³/mol. The number of hydrogen-bond acceptors (Lipinski definition) is 10. The Morgan fingerprint density at radius 1 is 0.485 bits per heavy atom. The number of ether oxygens (including phenoxy) is 4. The Balaban J connectivity index is 1.07. The second kappa shape index (κ2) is 19.5. The molecule has 4 fully saturated rings. The van der Waals surface area contributed by atoms with Crippen molar-refractivity contribution in [3.63, 3.8) is 0 Å². The van der Waals surface area contributed by atoms with E-state index in [1.165, 1.54) is 74.9 Å². The minimum atomic E-state index is -0.783. The first-order chi connectivity index (χ1) is 32.1. The van der Waals surface area contributed by atoms with E-state index in [-0.39, 0.29) is 54.4 Å². The molecule has 11 rings (SSSR count). The summed E-state index contributed by atoms with van der Waals surface area (Å²) in [6.07, 6.45) is 17.6. The van der Waals surface area contributed by atoms with Gasteiger partial charge in [-0.15, -0.1) is 0 Å². The summed E-state index contributed by atoms with van der Waals surface area (Å²) in [5.74, 6) is 2.08. The van der Waals surface area contributed by atoms with Gasteiger partial charge in [0.15, 0.2) is 17.1 Å². The van der Waals surface area contributed by atoms with Crippen LogP contribution in [0.1, 0.15) is 176 Å². The molecule has 2 bridgehead atoms. The standard InChI is InChI=1S/C56H66O8S2/c1-5-61-54(59)47(55(60)62-6-2)56-65-50-48(63-52(57)37-27-23-35(24-28-37)33-19-15-31(3)16-20-33)45-43-39-11-7-9-13-41(39)44(42-14-10-8-12-40(42)43)46(45)49(51(50)66-56)64-53(58)38-29-25-36(26-30-38)34-21-17-32(4)18-22-34/h7-14,31-38,43-44H,5-6,15-30H2,1-4H3. The fourth-order valence-corrected chi connectivity index (χ4v) is 15.9. The van der Waals surface area contributed by atoms with E-state index in [2.05, 4.69) is 62.4 Å². The van der Waals surface area contributed by atoms with Gasteiger partial charge in [-0.2, -0.15) is 0 Å². The molecule has 66 heavy (non-hydrogen) atoms. The van der Waals surface area contributed by atoms with Crippen LogP contribution in [0.3, 0.4) is 0 Å². The largest absolute Gasteiger partial charge is 0.462 e. The van der Waals surface area contributed by atoms with Crippen LogP contribution in [0.25, 0.3) is 0 Å². The molecule has 0 spiro atoms. The molecule has 350 valence electrons. The van der Waals surface area contributed by atoms with Gasteiger partial charge in [0.25, 0.3) is 0 Å². The third-order valence-electron chi connectivity index (χ3n) is 16.8. The molecule has 0 radical (unpaired) electrons. The van der Waals surface area contributed by atoms with Gasteiger partial charge in [-0.3, -0.25) is 9.59 Å². The highest BCUT2D eigenvalue weighted by Gasteiger charge is 2.50. The molecule has 1 aliphatic heterocycles. The molecule has 7 aliphatic carbocycles. The van der Waals surface area contributed by atoms with Crippen LogP contribution in [-0.4, -0.2) is 37.1 Å². The average molecular weight is 931 g/mol. The summed E-state index contributed by atoms with van der Waals surface area (Å²) < 4.78 is 25.1. The monoisotopic (exact) mass is 930 g/mol. The zero-order chi connectivity index (χ0) is 45.6. The summed E-state index contributed by atoms with van der Waals surface area (Å²) in [7, 11) is 0. The maximum atomic E-state index is 14.8. The second-order valence-electron chi connectivity index (χ2n) is 20.7. The fraction of sp³-hybridized carbons (Fsp3) is 0.571. The van der Waals surface area contributed by atoms with Crippen molar-refractivity contribution >= 4 is 47.4 Å². The molecule has 10 heteroatoms. The van der Waals surface area contributed by atoms with Crippen LogP contribution < -0.4 is 9.47 Å². The van der Waals surface area contributed by atoms with Gasteiger partial charge in [-0.25, -0.2) is 9.59 Å². The van der Waals surface area contributed by atoms with Crippen LogP contribution in [0.2, 0.25) is 0 Å². The molecule has 0 saturated heterocycles. The lowest BCUT2D eigenvalue weighted by Crippen LogP contribution is -2.33. The van der Waals surface area contributed by atoms with Crippen molar-refractivity contribution in [3.8, 4) is 11.5 Å². The molecule has 0 N–H and O–H groups in total. The lowest BCUT2D eigenvalue weighted by molar-refractivity contribution is -0.147. The normalized spacial score (nSPS) is 29.7. The van der Waals surface area contributed by atoms with Crippen LogP contribution in [0.5, 0.6) is 11.5 Å². The van der Waals surface area contributed by atoms with E-state index in [1.807, 2.05) is 0 Å². The van der Waals surface area contributed by atoms with E-state index in [1.54, 1.807) is 13.8 Å². The Morgan fingerprint density at radius 2 is 0.803 bits per heavy atom. The smallest absolute Gasteiger partial charge is 0.347 e. The topological polar surface area (TPSA) is 105 Å². The van der Waals surface area contributed by atoms with E-state index >= 15 is 0 Å². The van der Waals surface area contributed by atoms with E-state index in [0.29, 0.717) is 37.4 Å². The quantitative estimate of drug-likeness (QED) is 0.0442. The average Bonchev–Trinajstić information content (AvgIpc) is 3.77. The molecule has 0 aromatic heterocycles. The fourth-order valence-electron chi connectivity index (χ4n) is 13.2. The van der Waals surface area contributed by atoms with Gasteiger partial charge < -0.3 is 18.9 Å². The van der Waals surface area contributed by atoms with E-state index in [0.717, 1.165) is 108 Å². The Morgan fingerprint density at radius 3 is 1.12 bits per heavy atom. The molecule has 8 aliphatic rings. The summed E-state index contributed by atoms with van der Waals surface area (Å²) in [4.78, 5) is 58.3. The maximum Gasteiger partial charge on any atom is 0.347 e. The Bertz CT molecular complexity index is 2180. The summed E-state index contributed by atoms with van der Waals surface area (Å²) in [5, 5.41) is 0. The number of esters is 4. The number of hydrogen-bond donors (Lipinski definition) is 0. The highest BCUT2D eigenvalue weighted by molar-refractivity contribution is 8.25. The number of rotatable bonds is 10. The number of carbonyl (C=O) groups excluding carboxylic acids is 4. The third kappa shape index (κ3) is 8.58. The predicted octanol–water partition coefficient (Wildman–Crippen LogP) is 13.3. The van der Waals surface area contributed by atoms with Gasteiger partial charge in [0.05, 0.1) is 39.1 Å². The van der Waals surface area contributed by atoms with E-state index < -0.39 is 11.9 Å². The highest BCUT2D eigenvalue weighted by atomic mass is 32.2. The Hall–Kier alpha value is -4.02. The van der Waals surface area contributed by atoms with Gasteiger partial charge in [0.1, 0.15) is 0 Å². The molecule has 3 aromatic carbocycles. The number of carbonyl (C=O) groups is 4. The molecule has 4 saturated carbocycles. The Kier molecular flexibility index (Phi) is 13.5. The highest BCUT2D eigenvalue weighted by Crippen LogP contribution is 2.68. The first kappa shape index (κ1) is 45.7. The molecule has 8 nitrogen and oxygen atoms in total. The van der Waals surface area contributed by atoms with Crippen LogP contribution in [-0.2, 0) is 28.7 Å². The molecule has 3 aromatic rings. The molecular formula is C56H66O8S2. The van der Waals surface area contributed by atoms with Crippen molar-refractivity contribution in [1.29, 1.82) is 0 Å². The van der Waals surface area contributed by atoms with Crippen LogP contribution in [0.4, 0.5) is 0 Å². The lowest BCUT2D eigenvalue weighted by atomic mass is 9.60. The van der Waals surface area contributed by atoms with Crippen molar-refractivity contribution in [3.05, 3.63) is 91.7 Å². The van der Waals surface area contributed by atoms with Crippen LogP contribution in [0.15, 0.2) is 68.1 Å².